The minimum Gasteiger partial charge on any atom is -0.368 e. The number of pyridine rings is 1. The summed E-state index contributed by atoms with van der Waals surface area (Å²) in [6.45, 7) is 0.664. The average Bonchev–Trinajstić information content (AvgIpc) is 2.74. The van der Waals surface area contributed by atoms with Crippen LogP contribution < -0.4 is 5.73 Å². The van der Waals surface area contributed by atoms with E-state index in [-0.39, 0.29) is 17.9 Å². The van der Waals surface area contributed by atoms with Crippen LogP contribution in [-0.4, -0.2) is 32.3 Å². The van der Waals surface area contributed by atoms with Crippen molar-refractivity contribution in [3.8, 4) is 11.1 Å². The summed E-state index contributed by atoms with van der Waals surface area (Å²) in [5.74, 6) is 0.146. The minimum atomic E-state index is -0.180. The van der Waals surface area contributed by atoms with Gasteiger partial charge in [0.1, 0.15) is 0 Å². The Morgan fingerprint density at radius 3 is 2.86 bits per heavy atom. The summed E-state index contributed by atoms with van der Waals surface area (Å²) in [6.07, 6.45) is 7.75. The van der Waals surface area contributed by atoms with Crippen molar-refractivity contribution in [1.82, 2.24) is 19.9 Å². The van der Waals surface area contributed by atoms with Gasteiger partial charge in [-0.2, -0.15) is 0 Å². The molecule has 1 fully saturated rings. The largest absolute Gasteiger partial charge is 0.368 e. The van der Waals surface area contributed by atoms with Gasteiger partial charge in [-0.05, 0) is 49.1 Å². The summed E-state index contributed by atoms with van der Waals surface area (Å²) in [4.78, 5) is 27.8. The number of halogens is 1. The standard InChI is InChI=1S/C21H20ClN5O/c22-16-7-3-5-14(11-16)17-13-25-21(23)26-19(17)18-8-1-2-10-27(18)20(28)15-6-4-9-24-12-15/h3-7,9,11-13,18H,1-2,8,10H2,(H2,23,25,26). The zero-order valence-electron chi connectivity index (χ0n) is 15.3. The van der Waals surface area contributed by atoms with Gasteiger partial charge in [-0.3, -0.25) is 9.78 Å². The number of carbonyl (C=O) groups is 1. The van der Waals surface area contributed by atoms with Gasteiger partial charge < -0.3 is 10.6 Å². The molecule has 1 aliphatic rings. The number of nitrogens with zero attached hydrogens (tertiary/aromatic N) is 4. The van der Waals surface area contributed by atoms with Crippen molar-refractivity contribution in [3.63, 3.8) is 0 Å². The highest BCUT2D eigenvalue weighted by Gasteiger charge is 2.32. The first-order valence-electron chi connectivity index (χ1n) is 9.23. The molecule has 1 aliphatic heterocycles. The third-order valence-corrected chi connectivity index (χ3v) is 5.20. The fourth-order valence-electron chi connectivity index (χ4n) is 3.66. The number of aromatic nitrogens is 3. The van der Waals surface area contributed by atoms with Crippen molar-refractivity contribution < 1.29 is 4.79 Å². The van der Waals surface area contributed by atoms with Crippen LogP contribution in [0, 0.1) is 0 Å². The normalized spacial score (nSPS) is 16.8. The zero-order valence-corrected chi connectivity index (χ0v) is 16.0. The van der Waals surface area contributed by atoms with E-state index in [0.29, 0.717) is 17.1 Å². The molecule has 0 bridgehead atoms. The van der Waals surface area contributed by atoms with Crippen molar-refractivity contribution in [1.29, 1.82) is 0 Å². The Morgan fingerprint density at radius 2 is 2.07 bits per heavy atom. The summed E-state index contributed by atoms with van der Waals surface area (Å²) in [7, 11) is 0. The van der Waals surface area contributed by atoms with E-state index in [0.717, 1.165) is 36.1 Å². The number of hydrogen-bond acceptors (Lipinski definition) is 5. The van der Waals surface area contributed by atoms with E-state index in [1.807, 2.05) is 29.2 Å². The number of rotatable bonds is 3. The number of anilines is 1. The van der Waals surface area contributed by atoms with E-state index in [4.69, 9.17) is 17.3 Å². The highest BCUT2D eigenvalue weighted by atomic mass is 35.5. The van der Waals surface area contributed by atoms with E-state index in [9.17, 15) is 4.79 Å². The maximum atomic E-state index is 13.2. The lowest BCUT2D eigenvalue weighted by Gasteiger charge is -2.36. The quantitative estimate of drug-likeness (QED) is 0.722. The van der Waals surface area contributed by atoms with Gasteiger partial charge in [0.2, 0.25) is 5.95 Å². The average molecular weight is 394 g/mol. The monoisotopic (exact) mass is 393 g/mol. The number of likely N-dealkylation sites (tertiary alicyclic amines) is 1. The fraction of sp³-hybridized carbons (Fsp3) is 0.238. The molecule has 142 valence electrons. The molecule has 0 aliphatic carbocycles. The number of piperidine rings is 1. The van der Waals surface area contributed by atoms with Crippen LogP contribution in [0.1, 0.15) is 41.4 Å². The molecule has 0 spiro atoms. The van der Waals surface area contributed by atoms with Gasteiger partial charge in [0.15, 0.2) is 0 Å². The van der Waals surface area contributed by atoms with Crippen LogP contribution in [-0.2, 0) is 0 Å². The van der Waals surface area contributed by atoms with Crippen LogP contribution in [0.2, 0.25) is 5.02 Å². The Hall–Kier alpha value is -2.99. The van der Waals surface area contributed by atoms with Crippen LogP contribution in [0.25, 0.3) is 11.1 Å². The Morgan fingerprint density at radius 1 is 1.18 bits per heavy atom. The van der Waals surface area contributed by atoms with Crippen LogP contribution in [0.4, 0.5) is 5.95 Å². The Labute approximate surface area is 168 Å². The van der Waals surface area contributed by atoms with E-state index >= 15 is 0 Å². The lowest BCUT2D eigenvalue weighted by molar-refractivity contribution is 0.0606. The molecular formula is C21H20ClN5O. The molecule has 1 unspecified atom stereocenters. The second-order valence-corrected chi connectivity index (χ2v) is 7.23. The molecule has 7 heteroatoms. The van der Waals surface area contributed by atoms with Crippen LogP contribution in [0.15, 0.2) is 55.0 Å². The molecule has 1 amide bonds. The molecule has 1 saturated heterocycles. The molecule has 2 aromatic heterocycles. The molecule has 2 N–H and O–H groups in total. The van der Waals surface area contributed by atoms with Crippen LogP contribution >= 0.6 is 11.6 Å². The summed E-state index contributed by atoms with van der Waals surface area (Å²) < 4.78 is 0. The molecule has 0 radical (unpaired) electrons. The molecule has 1 atom stereocenters. The maximum Gasteiger partial charge on any atom is 0.255 e. The molecule has 1 aromatic carbocycles. The zero-order chi connectivity index (χ0) is 19.5. The van der Waals surface area contributed by atoms with Crippen LogP contribution in [0.5, 0.6) is 0 Å². The van der Waals surface area contributed by atoms with Gasteiger partial charge in [-0.25, -0.2) is 9.97 Å². The van der Waals surface area contributed by atoms with E-state index in [1.165, 1.54) is 0 Å². The van der Waals surface area contributed by atoms with Gasteiger partial charge in [0, 0.05) is 35.7 Å². The predicted molar refractivity (Wildman–Crippen MR) is 109 cm³/mol. The van der Waals surface area contributed by atoms with Crippen molar-refractivity contribution in [3.05, 3.63) is 71.3 Å². The van der Waals surface area contributed by atoms with Gasteiger partial charge in [0.05, 0.1) is 17.3 Å². The number of nitrogen functional groups attached to an aromatic ring is 1. The Balaban J connectivity index is 1.78. The molecule has 28 heavy (non-hydrogen) atoms. The maximum absolute atomic E-state index is 13.2. The number of nitrogens with two attached hydrogens (primary N) is 1. The molecular weight excluding hydrogens is 374 g/mol. The van der Waals surface area contributed by atoms with Gasteiger partial charge in [0.25, 0.3) is 5.91 Å². The fourth-order valence-corrected chi connectivity index (χ4v) is 3.85. The first-order chi connectivity index (χ1) is 13.6. The third-order valence-electron chi connectivity index (χ3n) is 4.96. The van der Waals surface area contributed by atoms with Crippen LogP contribution in [0.3, 0.4) is 0 Å². The highest BCUT2D eigenvalue weighted by molar-refractivity contribution is 6.30. The first kappa shape index (κ1) is 18.4. The Kier molecular flexibility index (Phi) is 5.21. The van der Waals surface area contributed by atoms with Crippen molar-refractivity contribution in [2.45, 2.75) is 25.3 Å². The second kappa shape index (κ2) is 7.94. The molecule has 3 aromatic rings. The van der Waals surface area contributed by atoms with Gasteiger partial charge >= 0.3 is 0 Å². The molecule has 0 saturated carbocycles. The lowest BCUT2D eigenvalue weighted by atomic mass is 9.93. The predicted octanol–water partition coefficient (Wildman–Crippen LogP) is 4.14. The lowest BCUT2D eigenvalue weighted by Crippen LogP contribution is -2.39. The first-order valence-corrected chi connectivity index (χ1v) is 9.60. The van der Waals surface area contributed by atoms with Crippen molar-refractivity contribution >= 4 is 23.5 Å². The van der Waals surface area contributed by atoms with Gasteiger partial charge in [-0.15, -0.1) is 0 Å². The molecule has 6 nitrogen and oxygen atoms in total. The highest BCUT2D eigenvalue weighted by Crippen LogP contribution is 2.37. The van der Waals surface area contributed by atoms with Crippen molar-refractivity contribution in [2.75, 3.05) is 12.3 Å². The van der Waals surface area contributed by atoms with Crippen molar-refractivity contribution in [2.24, 2.45) is 0 Å². The molecule has 4 rings (SSSR count). The number of carbonyl (C=O) groups excluding carboxylic acids is 1. The SMILES string of the molecule is Nc1ncc(-c2cccc(Cl)c2)c(C2CCCCN2C(=O)c2cccnc2)n1. The summed E-state index contributed by atoms with van der Waals surface area (Å²) >= 11 is 6.19. The number of amides is 1. The third kappa shape index (κ3) is 3.68. The van der Waals surface area contributed by atoms with E-state index < -0.39 is 0 Å². The number of hydrogen-bond donors (Lipinski definition) is 1. The topological polar surface area (TPSA) is 85.0 Å². The summed E-state index contributed by atoms with van der Waals surface area (Å²) in [5, 5.41) is 0.632. The summed E-state index contributed by atoms with van der Waals surface area (Å²) in [5.41, 5.74) is 8.98. The van der Waals surface area contributed by atoms with Gasteiger partial charge in [-0.1, -0.05) is 23.7 Å². The Bertz CT molecular complexity index is 995. The minimum absolute atomic E-state index is 0.0490. The second-order valence-electron chi connectivity index (χ2n) is 6.79. The number of benzene rings is 1. The smallest absolute Gasteiger partial charge is 0.255 e. The summed E-state index contributed by atoms with van der Waals surface area (Å²) in [6, 6.07) is 10.9. The van der Waals surface area contributed by atoms with E-state index in [2.05, 4.69) is 15.0 Å². The molecule has 3 heterocycles. The van der Waals surface area contributed by atoms with E-state index in [1.54, 1.807) is 30.7 Å².